The molecule has 2 nitrogen and oxygen atoms in total. The zero-order valence-corrected chi connectivity index (χ0v) is 7.31. The number of piperidine rings is 1. The highest BCUT2D eigenvalue weighted by Gasteiger charge is 2.11. The average Bonchev–Trinajstić information content (AvgIpc) is 2.07. The molecule has 1 aliphatic heterocycles. The van der Waals surface area contributed by atoms with Crippen LogP contribution in [0.1, 0.15) is 32.1 Å². The summed E-state index contributed by atoms with van der Waals surface area (Å²) < 4.78 is 0. The summed E-state index contributed by atoms with van der Waals surface area (Å²) in [6, 6.07) is 0. The molecule has 0 saturated carbocycles. The third-order valence-electron chi connectivity index (χ3n) is 2.53. The summed E-state index contributed by atoms with van der Waals surface area (Å²) in [5.74, 6) is 0.989. The quantitative estimate of drug-likeness (QED) is 0.598. The monoisotopic (exact) mass is 156 g/mol. The molecule has 0 atom stereocenters. The molecule has 11 heavy (non-hydrogen) atoms. The molecule has 0 aliphatic carbocycles. The van der Waals surface area contributed by atoms with E-state index in [0.717, 1.165) is 12.5 Å². The molecule has 1 rings (SSSR count). The predicted molar refractivity (Wildman–Crippen MR) is 48.5 cm³/mol. The maximum Gasteiger partial charge on any atom is -0.00463 e. The van der Waals surface area contributed by atoms with Crippen molar-refractivity contribution in [3.63, 3.8) is 0 Å². The van der Waals surface area contributed by atoms with Crippen LogP contribution in [0.3, 0.4) is 0 Å². The lowest BCUT2D eigenvalue weighted by atomic mass is 9.93. The van der Waals surface area contributed by atoms with Gasteiger partial charge in [-0.05, 0) is 44.8 Å². The summed E-state index contributed by atoms with van der Waals surface area (Å²) in [5, 5.41) is 3.38. The van der Waals surface area contributed by atoms with Gasteiger partial charge in [0.2, 0.25) is 0 Å². The molecular weight excluding hydrogens is 136 g/mol. The normalized spacial score (nSPS) is 20.5. The fourth-order valence-electron chi connectivity index (χ4n) is 1.75. The van der Waals surface area contributed by atoms with Crippen LogP contribution in [0, 0.1) is 5.92 Å². The topological polar surface area (TPSA) is 38.0 Å². The Balaban J connectivity index is 1.96. The van der Waals surface area contributed by atoms with Gasteiger partial charge in [0.15, 0.2) is 0 Å². The lowest BCUT2D eigenvalue weighted by Crippen LogP contribution is -2.27. The molecule has 0 spiro atoms. The Morgan fingerprint density at radius 2 is 1.91 bits per heavy atom. The lowest BCUT2D eigenvalue weighted by molar-refractivity contribution is 0.345. The van der Waals surface area contributed by atoms with Crippen LogP contribution in [0.4, 0.5) is 0 Å². The van der Waals surface area contributed by atoms with Crippen LogP contribution in [0.2, 0.25) is 0 Å². The van der Waals surface area contributed by atoms with Crippen LogP contribution >= 0.6 is 0 Å². The van der Waals surface area contributed by atoms with Crippen LogP contribution in [0.25, 0.3) is 0 Å². The largest absolute Gasteiger partial charge is 0.330 e. The first-order chi connectivity index (χ1) is 5.43. The molecule has 1 heterocycles. The smallest absolute Gasteiger partial charge is 0.00463 e. The van der Waals surface area contributed by atoms with Crippen molar-refractivity contribution in [1.29, 1.82) is 0 Å². The molecule has 1 fully saturated rings. The average molecular weight is 156 g/mol. The van der Waals surface area contributed by atoms with Gasteiger partial charge < -0.3 is 11.1 Å². The molecular formula is C9H20N2. The Bertz CT molecular complexity index is 87.6. The van der Waals surface area contributed by atoms with E-state index >= 15 is 0 Å². The van der Waals surface area contributed by atoms with Crippen molar-refractivity contribution in [1.82, 2.24) is 5.32 Å². The van der Waals surface area contributed by atoms with E-state index < -0.39 is 0 Å². The van der Waals surface area contributed by atoms with Crippen LogP contribution in [0.5, 0.6) is 0 Å². The maximum absolute atomic E-state index is 5.43. The van der Waals surface area contributed by atoms with E-state index in [0.29, 0.717) is 0 Å². The van der Waals surface area contributed by atoms with Crippen LogP contribution in [-0.2, 0) is 0 Å². The van der Waals surface area contributed by atoms with E-state index in [2.05, 4.69) is 5.32 Å². The third kappa shape index (κ3) is 3.73. The summed E-state index contributed by atoms with van der Waals surface area (Å²) in [5.41, 5.74) is 5.43. The number of rotatable bonds is 4. The molecule has 1 saturated heterocycles. The zero-order chi connectivity index (χ0) is 7.94. The van der Waals surface area contributed by atoms with Crippen molar-refractivity contribution in [3.05, 3.63) is 0 Å². The molecule has 0 amide bonds. The fourth-order valence-corrected chi connectivity index (χ4v) is 1.75. The van der Waals surface area contributed by atoms with Gasteiger partial charge in [-0.25, -0.2) is 0 Å². The summed E-state index contributed by atoms with van der Waals surface area (Å²) in [6.07, 6.45) is 6.71. The van der Waals surface area contributed by atoms with Gasteiger partial charge in [-0.1, -0.05) is 12.8 Å². The Kier molecular flexibility index (Phi) is 4.55. The number of nitrogens with one attached hydrogen (secondary N) is 1. The minimum atomic E-state index is 0.866. The predicted octanol–water partition coefficient (Wildman–Crippen LogP) is 1.11. The van der Waals surface area contributed by atoms with Gasteiger partial charge in [0.05, 0.1) is 0 Å². The van der Waals surface area contributed by atoms with Gasteiger partial charge in [0.25, 0.3) is 0 Å². The molecule has 0 unspecified atom stereocenters. The van der Waals surface area contributed by atoms with Crippen molar-refractivity contribution in [2.45, 2.75) is 32.1 Å². The van der Waals surface area contributed by atoms with Crippen LogP contribution < -0.4 is 11.1 Å². The Labute approximate surface area is 69.5 Å². The second-order valence-corrected chi connectivity index (χ2v) is 3.48. The highest BCUT2D eigenvalue weighted by Crippen LogP contribution is 2.17. The van der Waals surface area contributed by atoms with Crippen molar-refractivity contribution in [3.8, 4) is 0 Å². The highest BCUT2D eigenvalue weighted by molar-refractivity contribution is 4.68. The summed E-state index contributed by atoms with van der Waals surface area (Å²) in [7, 11) is 0. The molecule has 0 radical (unpaired) electrons. The van der Waals surface area contributed by atoms with E-state index in [-0.39, 0.29) is 0 Å². The molecule has 1 aliphatic rings. The summed E-state index contributed by atoms with van der Waals surface area (Å²) in [6.45, 7) is 3.32. The van der Waals surface area contributed by atoms with Crippen molar-refractivity contribution >= 4 is 0 Å². The first-order valence-corrected chi connectivity index (χ1v) is 4.84. The number of unbranched alkanes of at least 4 members (excludes halogenated alkanes) is 1. The van der Waals surface area contributed by atoms with E-state index in [1.165, 1.54) is 45.2 Å². The van der Waals surface area contributed by atoms with Gasteiger partial charge in [-0.15, -0.1) is 0 Å². The maximum atomic E-state index is 5.43. The fraction of sp³-hybridized carbons (Fsp3) is 1.00. The molecule has 0 aromatic carbocycles. The first kappa shape index (κ1) is 9.01. The van der Waals surface area contributed by atoms with E-state index in [9.17, 15) is 0 Å². The van der Waals surface area contributed by atoms with Crippen molar-refractivity contribution < 1.29 is 0 Å². The standard InChI is InChI=1S/C9H20N2/c10-6-2-1-3-9-4-7-11-8-5-9/h9,11H,1-8,10H2. The Morgan fingerprint density at radius 3 is 2.55 bits per heavy atom. The highest BCUT2D eigenvalue weighted by atomic mass is 14.9. The number of hydrogen-bond acceptors (Lipinski definition) is 2. The summed E-state index contributed by atoms with van der Waals surface area (Å²) >= 11 is 0. The van der Waals surface area contributed by atoms with Crippen LogP contribution in [-0.4, -0.2) is 19.6 Å². The van der Waals surface area contributed by atoms with Crippen LogP contribution in [0.15, 0.2) is 0 Å². The van der Waals surface area contributed by atoms with E-state index in [4.69, 9.17) is 5.73 Å². The Hall–Kier alpha value is -0.0800. The second-order valence-electron chi connectivity index (χ2n) is 3.48. The van der Waals surface area contributed by atoms with Gasteiger partial charge >= 0.3 is 0 Å². The second kappa shape index (κ2) is 5.56. The van der Waals surface area contributed by atoms with Crippen molar-refractivity contribution in [2.24, 2.45) is 11.7 Å². The molecule has 3 N–H and O–H groups in total. The first-order valence-electron chi connectivity index (χ1n) is 4.84. The number of nitrogens with two attached hydrogens (primary N) is 1. The molecule has 0 aromatic heterocycles. The number of hydrogen-bond donors (Lipinski definition) is 2. The Morgan fingerprint density at radius 1 is 1.18 bits per heavy atom. The minimum absolute atomic E-state index is 0.866. The zero-order valence-electron chi connectivity index (χ0n) is 7.31. The molecule has 0 aromatic rings. The SMILES string of the molecule is NCCCCC1CCNCC1. The summed E-state index contributed by atoms with van der Waals surface area (Å²) in [4.78, 5) is 0. The van der Waals surface area contributed by atoms with Gasteiger partial charge in [0, 0.05) is 0 Å². The van der Waals surface area contributed by atoms with E-state index in [1.807, 2.05) is 0 Å². The molecule has 2 heteroatoms. The molecule has 66 valence electrons. The third-order valence-corrected chi connectivity index (χ3v) is 2.53. The van der Waals surface area contributed by atoms with Gasteiger partial charge in [-0.2, -0.15) is 0 Å². The van der Waals surface area contributed by atoms with E-state index in [1.54, 1.807) is 0 Å². The minimum Gasteiger partial charge on any atom is -0.330 e. The lowest BCUT2D eigenvalue weighted by Gasteiger charge is -2.22. The molecule has 0 bridgehead atoms. The van der Waals surface area contributed by atoms with Gasteiger partial charge in [-0.3, -0.25) is 0 Å². The van der Waals surface area contributed by atoms with Crippen molar-refractivity contribution in [2.75, 3.05) is 19.6 Å². The van der Waals surface area contributed by atoms with Gasteiger partial charge in [0.1, 0.15) is 0 Å².